The average Bonchev–Trinajstić information content (AvgIpc) is 2.68. The van der Waals surface area contributed by atoms with Crippen LogP contribution in [-0.2, 0) is 0 Å². The molecule has 1 aromatic rings. The maximum atomic E-state index is 13.1. The summed E-state index contributed by atoms with van der Waals surface area (Å²) in [5, 5.41) is 12.3. The van der Waals surface area contributed by atoms with Crippen molar-refractivity contribution in [3.63, 3.8) is 0 Å². The number of anilines is 1. The van der Waals surface area contributed by atoms with Gasteiger partial charge in [0.2, 0.25) is 0 Å². The van der Waals surface area contributed by atoms with E-state index in [1.54, 1.807) is 61.6 Å². The van der Waals surface area contributed by atoms with Crippen LogP contribution in [-0.4, -0.2) is 17.1 Å². The molecule has 0 fully saturated rings. The fraction of sp³-hybridized carbons (Fsp3) is 0.136. The largest absolute Gasteiger partial charge is 0.331 e. The van der Waals surface area contributed by atoms with Crippen molar-refractivity contribution in [2.75, 3.05) is 4.90 Å². The number of hydrogen-bond donors (Lipinski definition) is 1. The highest BCUT2D eigenvalue weighted by Gasteiger charge is 2.24. The molecule has 1 N–H and O–H groups in total. The van der Waals surface area contributed by atoms with E-state index in [-0.39, 0.29) is 17.4 Å². The normalized spacial score (nSPS) is 12.8. The third kappa shape index (κ3) is 5.68. The third-order valence-corrected chi connectivity index (χ3v) is 3.67. The molecule has 1 unspecified atom stereocenters. The Labute approximate surface area is 161 Å². The molecule has 1 heterocycles. The molecule has 0 aliphatic rings. The van der Waals surface area contributed by atoms with Crippen molar-refractivity contribution < 1.29 is 4.79 Å². The van der Waals surface area contributed by atoms with Gasteiger partial charge in [0.25, 0.3) is 0 Å². The molecule has 1 atom stereocenters. The first-order valence-electron chi connectivity index (χ1n) is 8.40. The highest BCUT2D eigenvalue weighted by Crippen LogP contribution is 2.22. The number of aromatic nitrogens is 1. The number of rotatable bonds is 8. The number of amides is 2. The van der Waals surface area contributed by atoms with Crippen LogP contribution in [0.5, 0.6) is 0 Å². The van der Waals surface area contributed by atoms with Gasteiger partial charge in [-0.05, 0) is 37.6 Å². The van der Waals surface area contributed by atoms with Crippen molar-refractivity contribution in [2.24, 2.45) is 0 Å². The Hall–Kier alpha value is -3.65. The highest BCUT2D eigenvalue weighted by molar-refractivity contribution is 5.96. The first-order chi connectivity index (χ1) is 13.0. The van der Waals surface area contributed by atoms with Gasteiger partial charge in [0.05, 0.1) is 11.6 Å². The molecule has 0 aliphatic carbocycles. The fourth-order valence-electron chi connectivity index (χ4n) is 2.32. The van der Waals surface area contributed by atoms with Crippen LogP contribution < -0.4 is 10.2 Å². The van der Waals surface area contributed by atoms with Crippen LogP contribution in [0.15, 0.2) is 91.9 Å². The lowest BCUT2D eigenvalue weighted by Gasteiger charge is -2.26. The molecule has 0 spiro atoms. The fourth-order valence-corrected chi connectivity index (χ4v) is 2.32. The Morgan fingerprint density at radius 3 is 2.67 bits per heavy atom. The highest BCUT2D eigenvalue weighted by atomic mass is 16.2. The molecule has 1 rings (SSSR count). The monoisotopic (exact) mass is 360 g/mol. The Morgan fingerprint density at radius 2 is 2.11 bits per heavy atom. The van der Waals surface area contributed by atoms with Crippen molar-refractivity contribution in [2.45, 2.75) is 19.9 Å². The predicted octanol–water partition coefficient (Wildman–Crippen LogP) is 4.80. The molecule has 0 bridgehead atoms. The Balaban J connectivity index is 3.39. The van der Waals surface area contributed by atoms with Gasteiger partial charge in [0, 0.05) is 11.9 Å². The lowest BCUT2D eigenvalue weighted by atomic mass is 10.1. The molecule has 0 aliphatic heterocycles. The smallest absolute Gasteiger partial charge is 0.328 e. The minimum atomic E-state index is -0.420. The van der Waals surface area contributed by atoms with Gasteiger partial charge < -0.3 is 5.32 Å². The minimum Gasteiger partial charge on any atom is -0.331 e. The van der Waals surface area contributed by atoms with E-state index in [0.717, 1.165) is 5.57 Å². The number of pyridine rings is 1. The lowest BCUT2D eigenvalue weighted by Crippen LogP contribution is -2.44. The average molecular weight is 360 g/mol. The number of carbonyl (C=O) groups excluding carboxylic acids is 1. The van der Waals surface area contributed by atoms with Crippen LogP contribution in [0.25, 0.3) is 0 Å². The number of hydrogen-bond acceptors (Lipinski definition) is 3. The summed E-state index contributed by atoms with van der Waals surface area (Å²) >= 11 is 0. The Morgan fingerprint density at radius 1 is 1.37 bits per heavy atom. The van der Waals surface area contributed by atoms with Gasteiger partial charge in [-0.15, -0.1) is 0 Å². The predicted molar refractivity (Wildman–Crippen MR) is 111 cm³/mol. The SMILES string of the molecule is C=C/C=C\C(=C/C)N(C(=O)NC(C)/C(C=C)=C/C=C)c1ncccc1C#N. The van der Waals surface area contributed by atoms with E-state index in [4.69, 9.17) is 0 Å². The van der Waals surface area contributed by atoms with Gasteiger partial charge in [-0.1, -0.05) is 56.2 Å². The molecule has 0 radical (unpaired) electrons. The number of nitrogens with zero attached hydrogens (tertiary/aromatic N) is 3. The maximum absolute atomic E-state index is 13.1. The summed E-state index contributed by atoms with van der Waals surface area (Å²) in [5.74, 6) is 0.249. The van der Waals surface area contributed by atoms with Crippen molar-refractivity contribution in [3.05, 3.63) is 97.4 Å². The summed E-state index contributed by atoms with van der Waals surface area (Å²) in [6.45, 7) is 14.7. The van der Waals surface area contributed by atoms with Gasteiger partial charge in [0.15, 0.2) is 5.82 Å². The number of nitrogens with one attached hydrogen (secondary N) is 1. The zero-order valence-corrected chi connectivity index (χ0v) is 15.7. The van der Waals surface area contributed by atoms with E-state index in [0.29, 0.717) is 5.70 Å². The van der Waals surface area contributed by atoms with Crippen LogP contribution in [0.1, 0.15) is 19.4 Å². The van der Waals surface area contributed by atoms with Crippen LogP contribution in [0.3, 0.4) is 0 Å². The summed E-state index contributed by atoms with van der Waals surface area (Å²) in [6.07, 6.45) is 13.4. The second kappa shape index (κ2) is 11.1. The first-order valence-corrected chi connectivity index (χ1v) is 8.40. The number of nitriles is 1. The molecule has 1 aromatic heterocycles. The topological polar surface area (TPSA) is 69.0 Å². The summed E-state index contributed by atoms with van der Waals surface area (Å²) in [6, 6.07) is 4.61. The van der Waals surface area contributed by atoms with E-state index >= 15 is 0 Å². The quantitative estimate of drug-likeness (QED) is 0.677. The summed E-state index contributed by atoms with van der Waals surface area (Å²) in [7, 11) is 0. The van der Waals surface area contributed by atoms with Gasteiger partial charge in [-0.3, -0.25) is 0 Å². The second-order valence-corrected chi connectivity index (χ2v) is 5.41. The third-order valence-electron chi connectivity index (χ3n) is 3.67. The Kier molecular flexibility index (Phi) is 8.76. The zero-order valence-electron chi connectivity index (χ0n) is 15.7. The second-order valence-electron chi connectivity index (χ2n) is 5.41. The number of carbonyl (C=O) groups is 1. The summed E-state index contributed by atoms with van der Waals surface area (Å²) in [5.41, 5.74) is 1.66. The molecule has 2 amide bonds. The molecule has 0 aromatic carbocycles. The van der Waals surface area contributed by atoms with E-state index in [2.05, 4.69) is 36.1 Å². The van der Waals surface area contributed by atoms with E-state index in [1.165, 1.54) is 11.1 Å². The molecular weight excluding hydrogens is 336 g/mol. The molecule has 5 heteroatoms. The van der Waals surface area contributed by atoms with E-state index in [1.807, 2.05) is 6.92 Å². The molecule has 0 saturated heterocycles. The molecule has 0 saturated carbocycles. The molecule has 27 heavy (non-hydrogen) atoms. The van der Waals surface area contributed by atoms with Crippen LogP contribution in [0.2, 0.25) is 0 Å². The van der Waals surface area contributed by atoms with Gasteiger partial charge in [-0.2, -0.15) is 5.26 Å². The van der Waals surface area contributed by atoms with Crippen LogP contribution in [0, 0.1) is 11.3 Å². The van der Waals surface area contributed by atoms with Crippen molar-refractivity contribution in [1.29, 1.82) is 5.26 Å². The first kappa shape index (κ1) is 21.4. The number of urea groups is 1. The standard InChI is InChI=1S/C22H24N4O/c1-6-10-14-20(9-4)26(21-19(16-23)13-11-15-24-21)22(27)25-17(5)18(8-3)12-7-2/h6-15,17H,1-3H2,4-5H3,(H,25,27)/b14-10-,18-12+,20-9+. The van der Waals surface area contributed by atoms with Crippen LogP contribution in [0.4, 0.5) is 10.6 Å². The van der Waals surface area contributed by atoms with Crippen molar-refractivity contribution in [1.82, 2.24) is 10.3 Å². The molecular formula is C22H24N4O. The van der Waals surface area contributed by atoms with Gasteiger partial charge in [-0.25, -0.2) is 14.7 Å². The lowest BCUT2D eigenvalue weighted by molar-refractivity contribution is 0.246. The summed E-state index contributed by atoms with van der Waals surface area (Å²) < 4.78 is 0. The number of allylic oxidation sites excluding steroid dienone is 6. The van der Waals surface area contributed by atoms with Crippen LogP contribution >= 0.6 is 0 Å². The zero-order chi connectivity index (χ0) is 20.2. The van der Waals surface area contributed by atoms with Gasteiger partial charge in [0.1, 0.15) is 6.07 Å². The van der Waals surface area contributed by atoms with Crippen molar-refractivity contribution in [3.8, 4) is 6.07 Å². The molecule has 5 nitrogen and oxygen atoms in total. The van der Waals surface area contributed by atoms with E-state index in [9.17, 15) is 10.1 Å². The van der Waals surface area contributed by atoms with Gasteiger partial charge >= 0.3 is 6.03 Å². The van der Waals surface area contributed by atoms with Crippen molar-refractivity contribution >= 4 is 11.8 Å². The summed E-state index contributed by atoms with van der Waals surface area (Å²) in [4.78, 5) is 18.7. The maximum Gasteiger partial charge on any atom is 0.328 e. The Bertz CT molecular complexity index is 840. The van der Waals surface area contributed by atoms with E-state index < -0.39 is 6.03 Å². The molecule has 138 valence electrons. The minimum absolute atomic E-state index is 0.249.